The number of amides is 1. The number of anilines is 1. The third-order valence-electron chi connectivity index (χ3n) is 2.52. The van der Waals surface area contributed by atoms with E-state index < -0.39 is 0 Å². The highest BCUT2D eigenvalue weighted by Gasteiger charge is 2.04. The van der Waals surface area contributed by atoms with Crippen LogP contribution in [-0.4, -0.2) is 15.7 Å². The van der Waals surface area contributed by atoms with Gasteiger partial charge in [0.25, 0.3) is 0 Å². The van der Waals surface area contributed by atoms with E-state index in [2.05, 4.69) is 10.4 Å². The molecule has 0 aliphatic heterocycles. The summed E-state index contributed by atoms with van der Waals surface area (Å²) in [6.45, 7) is 2.39. The Kier molecular flexibility index (Phi) is 3.99. The predicted octanol–water partition coefficient (Wildman–Crippen LogP) is 2.93. The number of carbonyl (C=O) groups excluding carboxylic acids is 1. The van der Waals surface area contributed by atoms with Crippen LogP contribution >= 0.6 is 11.6 Å². The summed E-state index contributed by atoms with van der Waals surface area (Å²) in [5.41, 5.74) is 0.996. The molecule has 1 aromatic heterocycles. The predicted molar refractivity (Wildman–Crippen MR) is 71.7 cm³/mol. The molecule has 0 saturated heterocycles. The molecule has 4 nitrogen and oxygen atoms in total. The summed E-state index contributed by atoms with van der Waals surface area (Å²) in [5, 5.41) is 7.68. The summed E-state index contributed by atoms with van der Waals surface area (Å²) in [5.74, 6) is 0.520. The Morgan fingerprint density at radius 3 is 2.89 bits per heavy atom. The zero-order chi connectivity index (χ0) is 13.0. The summed E-state index contributed by atoms with van der Waals surface area (Å²) < 4.78 is 1.74. The van der Waals surface area contributed by atoms with Gasteiger partial charge < -0.3 is 5.32 Å². The first kappa shape index (κ1) is 12.6. The highest BCUT2D eigenvalue weighted by Crippen LogP contribution is 2.16. The van der Waals surface area contributed by atoms with E-state index in [9.17, 15) is 4.79 Å². The molecule has 1 N–H and O–H groups in total. The van der Waals surface area contributed by atoms with Crippen LogP contribution in [0.3, 0.4) is 0 Å². The van der Waals surface area contributed by atoms with Gasteiger partial charge in [-0.15, -0.1) is 0 Å². The Morgan fingerprint density at radius 1 is 1.39 bits per heavy atom. The van der Waals surface area contributed by atoms with Crippen LogP contribution in [0.15, 0.2) is 36.5 Å². The Hall–Kier alpha value is -1.81. The van der Waals surface area contributed by atoms with Crippen molar-refractivity contribution >= 4 is 23.3 Å². The summed E-state index contributed by atoms with van der Waals surface area (Å²) in [6, 6.07) is 9.39. The van der Waals surface area contributed by atoms with Gasteiger partial charge in [-0.25, -0.2) is 0 Å². The molecule has 1 aromatic carbocycles. The van der Waals surface area contributed by atoms with Crippen LogP contribution in [0, 0.1) is 0 Å². The second-order valence-corrected chi connectivity index (χ2v) is 4.30. The number of aromatic nitrogens is 2. The van der Waals surface area contributed by atoms with E-state index in [4.69, 9.17) is 11.6 Å². The van der Waals surface area contributed by atoms with Gasteiger partial charge in [-0.05, 0) is 11.6 Å². The zero-order valence-corrected chi connectivity index (χ0v) is 10.8. The molecule has 0 atom stereocenters. The Morgan fingerprint density at radius 2 is 2.17 bits per heavy atom. The molecular weight excluding hydrogens is 250 g/mol. The number of carbonyl (C=O) groups is 1. The Bertz CT molecular complexity index is 551. The minimum atomic E-state index is -0.0435. The lowest BCUT2D eigenvalue weighted by molar-refractivity contribution is -0.115. The van der Waals surface area contributed by atoms with Gasteiger partial charge in [0.05, 0.1) is 6.54 Å². The van der Waals surface area contributed by atoms with Crippen molar-refractivity contribution in [2.45, 2.75) is 19.9 Å². The first-order valence-electron chi connectivity index (χ1n) is 5.75. The second kappa shape index (κ2) is 5.69. The summed E-state index contributed by atoms with van der Waals surface area (Å²) >= 11 is 6.08. The smallest absolute Gasteiger partial charge is 0.225 e. The summed E-state index contributed by atoms with van der Waals surface area (Å²) in [4.78, 5) is 11.2. The van der Waals surface area contributed by atoms with E-state index in [-0.39, 0.29) is 5.91 Å². The quantitative estimate of drug-likeness (QED) is 0.922. The zero-order valence-electron chi connectivity index (χ0n) is 10.1. The third kappa shape index (κ3) is 3.11. The van der Waals surface area contributed by atoms with Crippen LogP contribution in [0.1, 0.15) is 18.9 Å². The number of nitrogens with one attached hydrogen (secondary N) is 1. The largest absolute Gasteiger partial charge is 0.309 e. The maximum atomic E-state index is 11.2. The molecule has 0 bridgehead atoms. The number of hydrogen-bond acceptors (Lipinski definition) is 2. The molecule has 5 heteroatoms. The molecule has 1 heterocycles. The van der Waals surface area contributed by atoms with Crippen LogP contribution < -0.4 is 5.32 Å². The second-order valence-electron chi connectivity index (χ2n) is 3.89. The number of rotatable bonds is 4. The normalized spacial score (nSPS) is 10.3. The van der Waals surface area contributed by atoms with Crippen molar-refractivity contribution in [3.05, 3.63) is 47.1 Å². The molecule has 0 fully saturated rings. The molecular formula is C13H14ClN3O. The van der Waals surface area contributed by atoms with Gasteiger partial charge in [0.1, 0.15) is 0 Å². The number of hydrogen-bond donors (Lipinski definition) is 1. The fourth-order valence-corrected chi connectivity index (χ4v) is 1.74. The van der Waals surface area contributed by atoms with Gasteiger partial charge >= 0.3 is 0 Å². The molecule has 0 unspecified atom stereocenters. The molecule has 2 rings (SSSR count). The van der Waals surface area contributed by atoms with Crippen molar-refractivity contribution in [3.63, 3.8) is 0 Å². The molecule has 0 aliphatic rings. The standard InChI is InChI=1S/C13H14ClN3O/c1-2-13(18)15-12-7-8-17(16-12)9-10-5-3-4-6-11(10)14/h3-8H,2,9H2,1H3,(H,15,16,18). The molecule has 94 valence electrons. The number of benzene rings is 1. The maximum Gasteiger partial charge on any atom is 0.225 e. The van der Waals surface area contributed by atoms with Gasteiger partial charge in [-0.2, -0.15) is 5.10 Å². The van der Waals surface area contributed by atoms with Crippen LogP contribution in [-0.2, 0) is 11.3 Å². The first-order valence-corrected chi connectivity index (χ1v) is 6.13. The summed E-state index contributed by atoms with van der Waals surface area (Å²) in [6.07, 6.45) is 2.26. The van der Waals surface area contributed by atoms with Crippen LogP contribution in [0.25, 0.3) is 0 Å². The SMILES string of the molecule is CCC(=O)Nc1ccn(Cc2ccccc2Cl)n1. The van der Waals surface area contributed by atoms with Crippen molar-refractivity contribution < 1.29 is 4.79 Å². The average Bonchev–Trinajstić information content (AvgIpc) is 2.79. The van der Waals surface area contributed by atoms with Crippen molar-refractivity contribution in [1.29, 1.82) is 0 Å². The van der Waals surface area contributed by atoms with Crippen LogP contribution in [0.5, 0.6) is 0 Å². The van der Waals surface area contributed by atoms with Gasteiger partial charge in [-0.1, -0.05) is 36.7 Å². The topological polar surface area (TPSA) is 46.9 Å². The fraction of sp³-hybridized carbons (Fsp3) is 0.231. The van der Waals surface area contributed by atoms with E-state index in [0.717, 1.165) is 5.56 Å². The van der Waals surface area contributed by atoms with Crippen LogP contribution in [0.4, 0.5) is 5.82 Å². The Balaban J connectivity index is 2.07. The third-order valence-corrected chi connectivity index (χ3v) is 2.89. The van der Waals surface area contributed by atoms with Crippen LogP contribution in [0.2, 0.25) is 5.02 Å². The van der Waals surface area contributed by atoms with Crippen molar-refractivity contribution in [2.75, 3.05) is 5.32 Å². The van der Waals surface area contributed by atoms with Gasteiger partial charge in [0.15, 0.2) is 5.82 Å². The van der Waals surface area contributed by atoms with Crippen molar-refractivity contribution in [2.24, 2.45) is 0 Å². The monoisotopic (exact) mass is 263 g/mol. The average molecular weight is 264 g/mol. The highest BCUT2D eigenvalue weighted by atomic mass is 35.5. The Labute approximate surface area is 111 Å². The number of halogens is 1. The molecule has 1 amide bonds. The molecule has 18 heavy (non-hydrogen) atoms. The minimum absolute atomic E-state index is 0.0435. The summed E-state index contributed by atoms with van der Waals surface area (Å²) in [7, 11) is 0. The lowest BCUT2D eigenvalue weighted by Crippen LogP contribution is -2.10. The van der Waals surface area contributed by atoms with Crippen molar-refractivity contribution in [3.8, 4) is 0 Å². The van der Waals surface area contributed by atoms with E-state index in [1.165, 1.54) is 0 Å². The molecule has 2 aromatic rings. The first-order chi connectivity index (χ1) is 8.69. The lowest BCUT2D eigenvalue weighted by Gasteiger charge is -2.04. The highest BCUT2D eigenvalue weighted by molar-refractivity contribution is 6.31. The van der Waals surface area contributed by atoms with Crippen molar-refractivity contribution in [1.82, 2.24) is 9.78 Å². The van der Waals surface area contributed by atoms with E-state index in [0.29, 0.717) is 23.8 Å². The molecule has 0 spiro atoms. The fourth-order valence-electron chi connectivity index (χ4n) is 1.55. The number of nitrogens with zero attached hydrogens (tertiary/aromatic N) is 2. The van der Waals surface area contributed by atoms with Gasteiger partial charge in [-0.3, -0.25) is 9.48 Å². The van der Waals surface area contributed by atoms with Gasteiger partial charge in [0.2, 0.25) is 5.91 Å². The lowest BCUT2D eigenvalue weighted by atomic mass is 10.2. The van der Waals surface area contributed by atoms with E-state index in [1.54, 1.807) is 17.7 Å². The molecule has 0 radical (unpaired) electrons. The van der Waals surface area contributed by atoms with E-state index >= 15 is 0 Å². The molecule has 0 aliphatic carbocycles. The maximum absolute atomic E-state index is 11.2. The van der Waals surface area contributed by atoms with Gasteiger partial charge in [0, 0.05) is 23.7 Å². The van der Waals surface area contributed by atoms with E-state index in [1.807, 2.05) is 30.5 Å². The molecule has 0 saturated carbocycles. The minimum Gasteiger partial charge on any atom is -0.309 e.